The highest BCUT2D eigenvalue weighted by Gasteiger charge is 2.09. The van der Waals surface area contributed by atoms with Crippen LogP contribution in [0.3, 0.4) is 0 Å². The molecule has 0 heterocycles. The molecule has 0 aromatic rings. The third-order valence-electron chi connectivity index (χ3n) is 4.20. The molecular formula is C19H40O3. The van der Waals surface area contributed by atoms with E-state index in [1.54, 1.807) is 0 Å². The Balaban J connectivity index is 3.03. The van der Waals surface area contributed by atoms with Crippen LogP contribution in [0.2, 0.25) is 0 Å². The fraction of sp³-hybridized carbons (Fsp3) is 1.00. The van der Waals surface area contributed by atoms with Crippen molar-refractivity contribution in [3.05, 3.63) is 0 Å². The molecule has 0 saturated heterocycles. The lowest BCUT2D eigenvalue weighted by atomic mass is 10.0. The van der Waals surface area contributed by atoms with E-state index in [1.807, 2.05) is 0 Å². The maximum absolute atomic E-state index is 9.26. The summed E-state index contributed by atoms with van der Waals surface area (Å²) in [5, 5.41) is 18.3. The van der Waals surface area contributed by atoms with Crippen LogP contribution in [0.4, 0.5) is 0 Å². The summed E-state index contributed by atoms with van der Waals surface area (Å²) in [6.07, 6.45) is 16.9. The zero-order chi connectivity index (χ0) is 16.5. The Labute approximate surface area is 138 Å². The first-order valence-corrected chi connectivity index (χ1v) is 9.66. The predicted molar refractivity (Wildman–Crippen MR) is 94.0 cm³/mol. The Bertz CT molecular complexity index is 207. The van der Waals surface area contributed by atoms with Crippen molar-refractivity contribution in [3.63, 3.8) is 0 Å². The average Bonchev–Trinajstić information content (AvgIpc) is 2.50. The van der Waals surface area contributed by atoms with Gasteiger partial charge in [0.25, 0.3) is 0 Å². The number of aliphatic hydroxyl groups is 2. The normalized spacial score (nSPS) is 14.2. The zero-order valence-corrected chi connectivity index (χ0v) is 15.1. The molecule has 0 aliphatic rings. The van der Waals surface area contributed by atoms with Gasteiger partial charge in [0.05, 0.1) is 0 Å². The summed E-state index contributed by atoms with van der Waals surface area (Å²) in [5.74, 6) is 0. The van der Waals surface area contributed by atoms with E-state index in [0.29, 0.717) is 6.61 Å². The van der Waals surface area contributed by atoms with Gasteiger partial charge in [0.2, 0.25) is 0 Å². The van der Waals surface area contributed by atoms with Crippen molar-refractivity contribution < 1.29 is 14.9 Å². The van der Waals surface area contributed by atoms with Gasteiger partial charge in [-0.15, -0.1) is 0 Å². The fourth-order valence-electron chi connectivity index (χ4n) is 2.64. The number of unbranched alkanes of at least 4 members (excludes halogenated alkanes) is 13. The summed E-state index contributed by atoms with van der Waals surface area (Å²) in [5.41, 5.74) is 0. The first kappa shape index (κ1) is 21.9. The maximum atomic E-state index is 9.26. The Morgan fingerprint density at radius 2 is 1.00 bits per heavy atom. The summed E-state index contributed by atoms with van der Waals surface area (Å²) in [4.78, 5) is 0. The largest absolute Gasteiger partial charge is 0.388 e. The molecule has 0 aromatic carbocycles. The molecule has 0 amide bonds. The smallest absolute Gasteiger partial charge is 0.180 e. The van der Waals surface area contributed by atoms with Gasteiger partial charge in [-0.05, 0) is 13.3 Å². The van der Waals surface area contributed by atoms with Crippen LogP contribution in [0, 0.1) is 0 Å². The molecule has 0 aromatic heterocycles. The van der Waals surface area contributed by atoms with E-state index in [-0.39, 0.29) is 0 Å². The predicted octanol–water partition coefficient (Wildman–Crippen LogP) is 5.18. The summed E-state index contributed by atoms with van der Waals surface area (Å²) in [6, 6.07) is 0. The van der Waals surface area contributed by atoms with Crippen molar-refractivity contribution in [3.8, 4) is 0 Å². The lowest BCUT2D eigenvalue weighted by molar-refractivity contribution is -0.156. The highest BCUT2D eigenvalue weighted by atomic mass is 16.6. The molecule has 3 nitrogen and oxygen atoms in total. The van der Waals surface area contributed by atoms with Crippen LogP contribution in [-0.2, 0) is 4.74 Å². The van der Waals surface area contributed by atoms with Gasteiger partial charge < -0.3 is 14.9 Å². The molecule has 2 N–H and O–H groups in total. The molecule has 2 atom stereocenters. The minimum absolute atomic E-state index is 0.546. The van der Waals surface area contributed by atoms with Crippen LogP contribution < -0.4 is 0 Å². The lowest BCUT2D eigenvalue weighted by Crippen LogP contribution is -2.26. The molecule has 2 unspecified atom stereocenters. The monoisotopic (exact) mass is 316 g/mol. The third kappa shape index (κ3) is 16.3. The molecule has 0 aliphatic heterocycles. The van der Waals surface area contributed by atoms with E-state index in [4.69, 9.17) is 9.84 Å². The van der Waals surface area contributed by atoms with Gasteiger partial charge in [-0.2, -0.15) is 0 Å². The molecule has 22 heavy (non-hydrogen) atoms. The Kier molecular flexibility index (Phi) is 17.1. The molecular weight excluding hydrogens is 276 g/mol. The number of hydrogen-bond acceptors (Lipinski definition) is 3. The molecule has 3 heteroatoms. The summed E-state index contributed by atoms with van der Waals surface area (Å²) in [7, 11) is 0. The van der Waals surface area contributed by atoms with Gasteiger partial charge in [0.1, 0.15) is 6.10 Å². The first-order chi connectivity index (χ1) is 10.7. The Morgan fingerprint density at radius 3 is 1.36 bits per heavy atom. The topological polar surface area (TPSA) is 49.7 Å². The first-order valence-electron chi connectivity index (χ1n) is 9.66. The second-order valence-corrected chi connectivity index (χ2v) is 6.60. The zero-order valence-electron chi connectivity index (χ0n) is 15.1. The van der Waals surface area contributed by atoms with Crippen molar-refractivity contribution in [1.29, 1.82) is 0 Å². The number of aliphatic hydroxyl groups excluding tert-OH is 2. The fourth-order valence-corrected chi connectivity index (χ4v) is 2.64. The van der Waals surface area contributed by atoms with Gasteiger partial charge in [-0.25, -0.2) is 0 Å². The quantitative estimate of drug-likeness (QED) is 0.287. The van der Waals surface area contributed by atoms with E-state index in [1.165, 1.54) is 84.0 Å². The SMILES string of the molecule is CCCCCCCCCCCCCCCCOC(O)C(C)O. The molecule has 0 fully saturated rings. The average molecular weight is 317 g/mol. The summed E-state index contributed by atoms with van der Waals surface area (Å²) < 4.78 is 5.12. The second-order valence-electron chi connectivity index (χ2n) is 6.60. The Hall–Kier alpha value is -0.120. The second kappa shape index (κ2) is 17.2. The summed E-state index contributed by atoms with van der Waals surface area (Å²) in [6.45, 7) is 4.35. The van der Waals surface area contributed by atoms with Crippen molar-refractivity contribution in [2.75, 3.05) is 6.61 Å². The van der Waals surface area contributed by atoms with Crippen LogP contribution in [0.1, 0.15) is 104 Å². The maximum Gasteiger partial charge on any atom is 0.180 e. The van der Waals surface area contributed by atoms with E-state index in [0.717, 1.165) is 12.8 Å². The molecule has 0 spiro atoms. The van der Waals surface area contributed by atoms with Crippen LogP contribution in [0.15, 0.2) is 0 Å². The minimum atomic E-state index is -1.03. The van der Waals surface area contributed by atoms with Gasteiger partial charge >= 0.3 is 0 Å². The van der Waals surface area contributed by atoms with E-state index in [9.17, 15) is 5.11 Å². The molecule has 0 saturated carbocycles. The molecule has 0 bridgehead atoms. The van der Waals surface area contributed by atoms with Crippen molar-refractivity contribution in [2.45, 2.75) is 116 Å². The van der Waals surface area contributed by atoms with Crippen molar-refractivity contribution >= 4 is 0 Å². The lowest BCUT2D eigenvalue weighted by Gasteiger charge is -2.14. The molecule has 0 radical (unpaired) electrons. The van der Waals surface area contributed by atoms with Gasteiger partial charge in [0, 0.05) is 6.61 Å². The third-order valence-corrected chi connectivity index (χ3v) is 4.20. The highest BCUT2D eigenvalue weighted by Crippen LogP contribution is 2.13. The van der Waals surface area contributed by atoms with Gasteiger partial charge in [-0.1, -0.05) is 90.4 Å². The number of ether oxygens (including phenoxy) is 1. The minimum Gasteiger partial charge on any atom is -0.388 e. The molecule has 134 valence electrons. The van der Waals surface area contributed by atoms with Crippen LogP contribution in [0.5, 0.6) is 0 Å². The van der Waals surface area contributed by atoms with E-state index >= 15 is 0 Å². The van der Waals surface area contributed by atoms with Crippen molar-refractivity contribution in [2.24, 2.45) is 0 Å². The van der Waals surface area contributed by atoms with E-state index < -0.39 is 12.4 Å². The summed E-state index contributed by atoms with van der Waals surface area (Å²) >= 11 is 0. The van der Waals surface area contributed by atoms with Crippen LogP contribution in [-0.4, -0.2) is 29.2 Å². The van der Waals surface area contributed by atoms with E-state index in [2.05, 4.69) is 6.92 Å². The highest BCUT2D eigenvalue weighted by molar-refractivity contribution is 4.51. The van der Waals surface area contributed by atoms with Gasteiger partial charge in [0.15, 0.2) is 6.29 Å². The van der Waals surface area contributed by atoms with Gasteiger partial charge in [-0.3, -0.25) is 0 Å². The van der Waals surface area contributed by atoms with Crippen LogP contribution in [0.25, 0.3) is 0 Å². The standard InChI is InChI=1S/C19H40O3/c1-3-4-5-6-7-8-9-10-11-12-13-14-15-16-17-22-19(21)18(2)20/h18-21H,3-17H2,1-2H3. The van der Waals surface area contributed by atoms with Crippen molar-refractivity contribution in [1.82, 2.24) is 0 Å². The Morgan fingerprint density at radius 1 is 0.636 bits per heavy atom. The molecule has 0 rings (SSSR count). The van der Waals surface area contributed by atoms with Crippen LogP contribution >= 0.6 is 0 Å². The molecule has 0 aliphatic carbocycles. The number of rotatable bonds is 17. The number of hydrogen-bond donors (Lipinski definition) is 2.